The van der Waals surface area contributed by atoms with E-state index in [0.29, 0.717) is 36.9 Å². The van der Waals surface area contributed by atoms with E-state index >= 15 is 0 Å². The van der Waals surface area contributed by atoms with E-state index in [1.165, 1.54) is 6.07 Å². The van der Waals surface area contributed by atoms with Crippen molar-refractivity contribution in [3.8, 4) is 22.9 Å². The monoisotopic (exact) mass is 305 g/mol. The number of ether oxygens (including phenoxy) is 2. The van der Waals surface area contributed by atoms with Gasteiger partial charge in [0.2, 0.25) is 5.75 Å². The number of nitro groups is 1. The summed E-state index contributed by atoms with van der Waals surface area (Å²) in [6, 6.07) is 3.03. The highest BCUT2D eigenvalue weighted by Gasteiger charge is 2.23. The zero-order chi connectivity index (χ0) is 16.1. The van der Waals surface area contributed by atoms with Gasteiger partial charge >= 0.3 is 5.69 Å². The number of benzene rings is 1. The van der Waals surface area contributed by atoms with E-state index < -0.39 is 4.92 Å². The molecule has 0 bridgehead atoms. The lowest BCUT2D eigenvalue weighted by Crippen LogP contribution is -2.03. The Bertz CT molecular complexity index is 667. The van der Waals surface area contributed by atoms with E-state index in [1.54, 1.807) is 19.2 Å². The van der Waals surface area contributed by atoms with Gasteiger partial charge in [-0.15, -0.1) is 0 Å². The third-order valence-electron chi connectivity index (χ3n) is 3.15. The van der Waals surface area contributed by atoms with Crippen LogP contribution in [-0.4, -0.2) is 27.7 Å². The van der Waals surface area contributed by atoms with Crippen molar-refractivity contribution in [2.24, 2.45) is 0 Å². The minimum Gasteiger partial charge on any atom is -0.493 e. The lowest BCUT2D eigenvalue weighted by atomic mass is 10.1. The number of aryl methyl sites for hydroxylation is 1. The Labute approximate surface area is 128 Å². The molecular weight excluding hydrogens is 286 g/mol. The van der Waals surface area contributed by atoms with E-state index in [2.05, 4.69) is 4.98 Å². The molecule has 0 N–H and O–H groups in total. The van der Waals surface area contributed by atoms with Gasteiger partial charge in [0.15, 0.2) is 0 Å². The van der Waals surface area contributed by atoms with Gasteiger partial charge in [-0.25, -0.2) is 4.98 Å². The van der Waals surface area contributed by atoms with Crippen LogP contribution >= 0.6 is 0 Å². The van der Waals surface area contributed by atoms with Gasteiger partial charge in [0.05, 0.1) is 23.7 Å². The Balaban J connectivity index is 2.65. The first-order valence-corrected chi connectivity index (χ1v) is 7.21. The van der Waals surface area contributed by atoms with Gasteiger partial charge in [-0.1, -0.05) is 0 Å². The molecule has 0 saturated heterocycles. The van der Waals surface area contributed by atoms with E-state index in [9.17, 15) is 10.1 Å². The number of nitrogens with zero attached hydrogens (tertiary/aromatic N) is 3. The van der Waals surface area contributed by atoms with Crippen LogP contribution in [0.3, 0.4) is 0 Å². The second kappa shape index (κ2) is 6.93. The normalized spacial score (nSPS) is 10.5. The largest absolute Gasteiger partial charge is 0.493 e. The van der Waals surface area contributed by atoms with Crippen molar-refractivity contribution in [1.29, 1.82) is 0 Å². The van der Waals surface area contributed by atoms with Crippen molar-refractivity contribution >= 4 is 5.69 Å². The molecule has 0 fully saturated rings. The molecule has 0 spiro atoms. The minimum absolute atomic E-state index is 0.0917. The molecule has 2 rings (SSSR count). The summed E-state index contributed by atoms with van der Waals surface area (Å²) in [5.41, 5.74) is 0.495. The van der Waals surface area contributed by atoms with Gasteiger partial charge in [0, 0.05) is 31.1 Å². The van der Waals surface area contributed by atoms with Gasteiger partial charge in [0.1, 0.15) is 11.6 Å². The van der Waals surface area contributed by atoms with Crippen LogP contribution in [-0.2, 0) is 6.54 Å². The Morgan fingerprint density at radius 2 is 1.86 bits per heavy atom. The number of hydrogen-bond acceptors (Lipinski definition) is 5. The topological polar surface area (TPSA) is 79.4 Å². The van der Waals surface area contributed by atoms with Crippen molar-refractivity contribution in [1.82, 2.24) is 9.55 Å². The number of aromatic nitrogens is 2. The molecule has 118 valence electrons. The molecule has 0 atom stereocenters. The van der Waals surface area contributed by atoms with Gasteiger partial charge in [-0.2, -0.15) is 0 Å². The van der Waals surface area contributed by atoms with Gasteiger partial charge in [-0.3, -0.25) is 10.1 Å². The maximum Gasteiger partial charge on any atom is 0.311 e. The highest BCUT2D eigenvalue weighted by Crippen LogP contribution is 2.39. The summed E-state index contributed by atoms with van der Waals surface area (Å²) in [5, 5.41) is 11.3. The van der Waals surface area contributed by atoms with Crippen molar-refractivity contribution in [2.45, 2.75) is 27.3 Å². The second-order valence-corrected chi connectivity index (χ2v) is 4.48. The molecule has 0 aliphatic heterocycles. The smallest absolute Gasteiger partial charge is 0.311 e. The van der Waals surface area contributed by atoms with Crippen molar-refractivity contribution in [3.63, 3.8) is 0 Å². The maximum absolute atomic E-state index is 11.3. The summed E-state index contributed by atoms with van der Waals surface area (Å²) >= 11 is 0. The molecule has 1 aromatic heterocycles. The molecule has 7 nitrogen and oxygen atoms in total. The molecule has 0 aliphatic rings. The average molecular weight is 305 g/mol. The zero-order valence-electron chi connectivity index (χ0n) is 12.9. The molecule has 22 heavy (non-hydrogen) atoms. The SMILES string of the molecule is CCOc1cc(OCC)c([N+](=O)[O-])cc1-c1nccn1CC. The zero-order valence-corrected chi connectivity index (χ0v) is 12.9. The van der Waals surface area contributed by atoms with Crippen LogP contribution in [0.15, 0.2) is 24.5 Å². The molecule has 0 unspecified atom stereocenters. The predicted molar refractivity (Wildman–Crippen MR) is 82.3 cm³/mol. The van der Waals surface area contributed by atoms with Crippen LogP contribution < -0.4 is 9.47 Å². The fourth-order valence-electron chi connectivity index (χ4n) is 2.22. The molecule has 0 saturated carbocycles. The third-order valence-corrected chi connectivity index (χ3v) is 3.15. The van der Waals surface area contributed by atoms with E-state index in [1.807, 2.05) is 24.6 Å². The fraction of sp³-hybridized carbons (Fsp3) is 0.400. The van der Waals surface area contributed by atoms with Crippen LogP contribution in [0.5, 0.6) is 11.5 Å². The first kappa shape index (κ1) is 15.8. The van der Waals surface area contributed by atoms with Gasteiger partial charge in [-0.05, 0) is 20.8 Å². The van der Waals surface area contributed by atoms with Crippen LogP contribution in [0.25, 0.3) is 11.4 Å². The average Bonchev–Trinajstić information content (AvgIpc) is 2.96. The van der Waals surface area contributed by atoms with Crippen molar-refractivity contribution < 1.29 is 14.4 Å². The summed E-state index contributed by atoms with van der Waals surface area (Å²) < 4.78 is 12.9. The van der Waals surface area contributed by atoms with E-state index in [4.69, 9.17) is 9.47 Å². The van der Waals surface area contributed by atoms with Crippen molar-refractivity contribution in [2.75, 3.05) is 13.2 Å². The minimum atomic E-state index is -0.455. The lowest BCUT2D eigenvalue weighted by molar-refractivity contribution is -0.385. The van der Waals surface area contributed by atoms with Crippen molar-refractivity contribution in [3.05, 3.63) is 34.6 Å². The van der Waals surface area contributed by atoms with Crippen LogP contribution in [0, 0.1) is 10.1 Å². The highest BCUT2D eigenvalue weighted by molar-refractivity contribution is 5.71. The number of hydrogen-bond donors (Lipinski definition) is 0. The molecular formula is C15H19N3O4. The van der Waals surface area contributed by atoms with Gasteiger partial charge in [0.25, 0.3) is 0 Å². The molecule has 1 heterocycles. The standard InChI is InChI=1S/C15H19N3O4/c1-4-17-8-7-16-15(17)11-9-12(18(19)20)14(22-6-3)10-13(11)21-5-2/h7-10H,4-6H2,1-3H3. The second-order valence-electron chi connectivity index (χ2n) is 4.48. The number of nitro benzene ring substituents is 1. The number of imidazole rings is 1. The third kappa shape index (κ3) is 3.03. The molecule has 0 aliphatic carbocycles. The molecule has 2 aromatic rings. The first-order valence-electron chi connectivity index (χ1n) is 7.21. The van der Waals surface area contributed by atoms with E-state index in [-0.39, 0.29) is 11.4 Å². The fourth-order valence-corrected chi connectivity index (χ4v) is 2.22. The Hall–Kier alpha value is -2.57. The van der Waals surface area contributed by atoms with Crippen LogP contribution in [0.1, 0.15) is 20.8 Å². The quantitative estimate of drug-likeness (QED) is 0.579. The first-order chi connectivity index (χ1) is 10.6. The molecule has 7 heteroatoms. The van der Waals surface area contributed by atoms with Crippen LogP contribution in [0.4, 0.5) is 5.69 Å². The Morgan fingerprint density at radius 3 is 2.45 bits per heavy atom. The number of rotatable bonds is 7. The lowest BCUT2D eigenvalue weighted by Gasteiger charge is -2.13. The summed E-state index contributed by atoms with van der Waals surface area (Å²) in [6.45, 7) is 7.12. The molecule has 0 radical (unpaired) electrons. The highest BCUT2D eigenvalue weighted by atomic mass is 16.6. The summed E-state index contributed by atoms with van der Waals surface area (Å²) in [5.74, 6) is 1.36. The Kier molecular flexibility index (Phi) is 4.98. The van der Waals surface area contributed by atoms with Crippen LogP contribution in [0.2, 0.25) is 0 Å². The van der Waals surface area contributed by atoms with Gasteiger partial charge < -0.3 is 14.0 Å². The predicted octanol–water partition coefficient (Wildman–Crippen LogP) is 3.28. The maximum atomic E-state index is 11.3. The summed E-state index contributed by atoms with van der Waals surface area (Å²) in [6.07, 6.45) is 3.49. The molecule has 0 amide bonds. The Morgan fingerprint density at radius 1 is 1.18 bits per heavy atom. The summed E-state index contributed by atoms with van der Waals surface area (Å²) in [4.78, 5) is 15.1. The van der Waals surface area contributed by atoms with E-state index in [0.717, 1.165) is 0 Å². The molecule has 1 aromatic carbocycles. The summed E-state index contributed by atoms with van der Waals surface area (Å²) in [7, 11) is 0.